The Bertz CT molecular complexity index is 1030. The van der Waals surface area contributed by atoms with Crippen LogP contribution in [-0.2, 0) is 19.6 Å². The summed E-state index contributed by atoms with van der Waals surface area (Å²) in [5.41, 5.74) is 2.66. The molecule has 26 heavy (non-hydrogen) atoms. The van der Waals surface area contributed by atoms with Gasteiger partial charge >= 0.3 is 5.97 Å². The maximum absolute atomic E-state index is 12.5. The van der Waals surface area contributed by atoms with Crippen molar-refractivity contribution in [2.24, 2.45) is 5.14 Å². The summed E-state index contributed by atoms with van der Waals surface area (Å²) in [6.45, 7) is 3.84. The van der Waals surface area contributed by atoms with Crippen LogP contribution < -0.4 is 5.14 Å². The molecule has 0 unspecified atom stereocenters. The molecule has 1 aromatic heterocycles. The summed E-state index contributed by atoms with van der Waals surface area (Å²) >= 11 is 1.26. The Morgan fingerprint density at radius 3 is 2.42 bits per heavy atom. The molecule has 0 radical (unpaired) electrons. The minimum Gasteiger partial charge on any atom is -0.458 e. The molecule has 0 aliphatic carbocycles. The number of sulfonamides is 1. The van der Waals surface area contributed by atoms with Crippen molar-refractivity contribution in [1.82, 2.24) is 0 Å². The number of rotatable bonds is 5. The number of hydrogen-bond donors (Lipinski definition) is 1. The van der Waals surface area contributed by atoms with Crippen LogP contribution in [0.5, 0.6) is 0 Å². The summed E-state index contributed by atoms with van der Waals surface area (Å²) in [5.74, 6) is -0.442. The van der Waals surface area contributed by atoms with Crippen molar-refractivity contribution in [2.75, 3.05) is 6.61 Å². The lowest BCUT2D eigenvalue weighted by Gasteiger charge is -2.06. The molecule has 0 saturated heterocycles. The van der Waals surface area contributed by atoms with E-state index in [-0.39, 0.29) is 17.3 Å². The molecule has 0 saturated carbocycles. The van der Waals surface area contributed by atoms with Crippen LogP contribution in [0.4, 0.5) is 0 Å². The predicted octanol–water partition coefficient (Wildman–Crippen LogP) is 2.90. The number of carbonyl (C=O) groups is 2. The zero-order valence-electron chi connectivity index (χ0n) is 14.2. The molecule has 0 amide bonds. The monoisotopic (exact) mass is 391 g/mol. The van der Waals surface area contributed by atoms with E-state index in [0.717, 1.165) is 5.56 Å². The number of benzene rings is 1. The van der Waals surface area contributed by atoms with Crippen molar-refractivity contribution < 1.29 is 22.7 Å². The van der Waals surface area contributed by atoms with Gasteiger partial charge in [0.05, 0.1) is 15.3 Å². The first kappa shape index (κ1) is 18.5. The summed E-state index contributed by atoms with van der Waals surface area (Å²) in [5, 5.41) is 5.14. The van der Waals surface area contributed by atoms with E-state index >= 15 is 0 Å². The van der Waals surface area contributed by atoms with Crippen molar-refractivity contribution in [3.8, 4) is 11.1 Å². The Hall–Kier alpha value is -2.29. The van der Waals surface area contributed by atoms with Crippen LogP contribution in [0.1, 0.15) is 33.5 Å². The van der Waals surface area contributed by atoms with Crippen LogP contribution in [0.2, 0.25) is 0 Å². The van der Waals surface area contributed by atoms with Gasteiger partial charge in [0.2, 0.25) is 10.0 Å². The highest BCUT2D eigenvalue weighted by Crippen LogP contribution is 2.41. The second-order valence-electron chi connectivity index (χ2n) is 5.82. The first-order valence-electron chi connectivity index (χ1n) is 7.91. The van der Waals surface area contributed by atoms with E-state index in [4.69, 9.17) is 9.88 Å². The van der Waals surface area contributed by atoms with E-state index in [0.29, 0.717) is 32.9 Å². The molecule has 8 heteroatoms. The van der Waals surface area contributed by atoms with Gasteiger partial charge in [-0.15, -0.1) is 11.3 Å². The van der Waals surface area contributed by atoms with Gasteiger partial charge in [-0.1, -0.05) is 19.1 Å². The number of ether oxygens (including phenoxy) is 1. The SMILES string of the molecule is CCC(=O)c1sc(C2=CCOC2=O)c(C)c1-c1ccc(S(N)(=O)=O)cc1. The molecular formula is C18H17NO5S2. The number of esters is 1. The topological polar surface area (TPSA) is 104 Å². The Kier molecular flexibility index (Phi) is 4.83. The predicted molar refractivity (Wildman–Crippen MR) is 99.4 cm³/mol. The Labute approximate surface area is 155 Å². The first-order valence-corrected chi connectivity index (χ1v) is 10.3. The summed E-state index contributed by atoms with van der Waals surface area (Å²) < 4.78 is 27.9. The third kappa shape index (κ3) is 3.23. The van der Waals surface area contributed by atoms with Crippen LogP contribution >= 0.6 is 11.3 Å². The maximum Gasteiger partial charge on any atom is 0.339 e. The number of carbonyl (C=O) groups excluding carboxylic acids is 2. The molecule has 1 aliphatic rings. The first-order chi connectivity index (χ1) is 12.2. The molecule has 2 aromatic rings. The number of cyclic esters (lactones) is 1. The van der Waals surface area contributed by atoms with Gasteiger partial charge in [0.1, 0.15) is 6.61 Å². The van der Waals surface area contributed by atoms with E-state index in [2.05, 4.69) is 0 Å². The van der Waals surface area contributed by atoms with E-state index in [1.807, 2.05) is 6.92 Å². The fraction of sp³-hybridized carbons (Fsp3) is 0.222. The van der Waals surface area contributed by atoms with Gasteiger partial charge in [-0.3, -0.25) is 4.79 Å². The normalized spacial score (nSPS) is 14.3. The van der Waals surface area contributed by atoms with Gasteiger partial charge in [0.25, 0.3) is 0 Å². The molecular weight excluding hydrogens is 374 g/mol. The molecule has 1 aliphatic heterocycles. The minimum absolute atomic E-state index is 0.000182. The quantitative estimate of drug-likeness (QED) is 0.623. The number of hydrogen-bond acceptors (Lipinski definition) is 6. The summed E-state index contributed by atoms with van der Waals surface area (Å²) in [6, 6.07) is 6.05. The molecule has 0 bridgehead atoms. The van der Waals surface area contributed by atoms with Crippen LogP contribution in [0.15, 0.2) is 35.2 Å². The third-order valence-corrected chi connectivity index (χ3v) is 6.45. The molecule has 1 aromatic carbocycles. The van der Waals surface area contributed by atoms with Gasteiger partial charge in [0.15, 0.2) is 5.78 Å². The second-order valence-corrected chi connectivity index (χ2v) is 8.40. The number of thiophene rings is 1. The third-order valence-electron chi connectivity index (χ3n) is 4.16. The van der Waals surface area contributed by atoms with E-state index < -0.39 is 16.0 Å². The Balaban J connectivity index is 2.18. The maximum atomic E-state index is 12.5. The van der Waals surface area contributed by atoms with Crippen LogP contribution in [-0.4, -0.2) is 26.8 Å². The summed E-state index contributed by atoms with van der Waals surface area (Å²) in [7, 11) is -3.79. The van der Waals surface area contributed by atoms with Crippen molar-refractivity contribution in [1.29, 1.82) is 0 Å². The Morgan fingerprint density at radius 2 is 1.92 bits per heavy atom. The smallest absolute Gasteiger partial charge is 0.339 e. The highest BCUT2D eigenvalue weighted by atomic mass is 32.2. The van der Waals surface area contributed by atoms with E-state index in [1.165, 1.54) is 23.5 Å². The summed E-state index contributed by atoms with van der Waals surface area (Å²) in [4.78, 5) is 25.6. The number of Topliss-reactive ketones (excluding diaryl/α,β-unsaturated/α-hetero) is 1. The van der Waals surface area contributed by atoms with Gasteiger partial charge < -0.3 is 4.74 Å². The lowest BCUT2D eigenvalue weighted by molar-refractivity contribution is -0.133. The van der Waals surface area contributed by atoms with Gasteiger partial charge in [-0.2, -0.15) is 0 Å². The minimum atomic E-state index is -3.79. The lowest BCUT2D eigenvalue weighted by Crippen LogP contribution is -2.11. The van der Waals surface area contributed by atoms with Crippen molar-refractivity contribution in [3.05, 3.63) is 45.7 Å². The largest absolute Gasteiger partial charge is 0.458 e. The molecule has 6 nitrogen and oxygen atoms in total. The Morgan fingerprint density at radius 1 is 1.27 bits per heavy atom. The average Bonchev–Trinajstić information content (AvgIpc) is 3.16. The zero-order valence-corrected chi connectivity index (χ0v) is 15.9. The standard InChI is InChI=1S/C18H17NO5S2/c1-3-14(20)17-15(11-4-6-12(7-5-11)26(19,22)23)10(2)16(25-17)13-8-9-24-18(13)21/h4-8H,3,9H2,1-2H3,(H2,19,22,23). The fourth-order valence-electron chi connectivity index (χ4n) is 2.83. The molecule has 2 N–H and O–H groups in total. The number of primary sulfonamides is 1. The van der Waals surface area contributed by atoms with Gasteiger partial charge in [0, 0.05) is 16.9 Å². The molecule has 0 fully saturated rings. The number of ketones is 1. The zero-order chi connectivity index (χ0) is 19.1. The van der Waals surface area contributed by atoms with Crippen LogP contribution in [0, 0.1) is 6.92 Å². The molecule has 2 heterocycles. The van der Waals surface area contributed by atoms with Gasteiger partial charge in [-0.05, 0) is 36.3 Å². The summed E-state index contributed by atoms with van der Waals surface area (Å²) in [6.07, 6.45) is 2.03. The van der Waals surface area contributed by atoms with E-state index in [1.54, 1.807) is 25.1 Å². The fourth-order valence-corrected chi connectivity index (χ4v) is 4.72. The molecule has 0 spiro atoms. The molecule has 136 valence electrons. The van der Waals surface area contributed by atoms with Crippen LogP contribution in [0.3, 0.4) is 0 Å². The molecule has 3 rings (SSSR count). The van der Waals surface area contributed by atoms with Crippen molar-refractivity contribution >= 4 is 38.7 Å². The second kappa shape index (κ2) is 6.79. The highest BCUT2D eigenvalue weighted by Gasteiger charge is 2.27. The van der Waals surface area contributed by atoms with Gasteiger partial charge in [-0.25, -0.2) is 18.4 Å². The van der Waals surface area contributed by atoms with Crippen molar-refractivity contribution in [3.63, 3.8) is 0 Å². The van der Waals surface area contributed by atoms with Crippen molar-refractivity contribution in [2.45, 2.75) is 25.2 Å². The highest BCUT2D eigenvalue weighted by molar-refractivity contribution is 7.89. The average molecular weight is 391 g/mol. The lowest BCUT2D eigenvalue weighted by atomic mass is 9.97. The van der Waals surface area contributed by atoms with Crippen LogP contribution in [0.25, 0.3) is 16.7 Å². The number of nitrogens with two attached hydrogens (primary N) is 1. The van der Waals surface area contributed by atoms with E-state index in [9.17, 15) is 18.0 Å². The molecule has 0 atom stereocenters.